The number of nitro groups is 1. The van der Waals surface area contributed by atoms with Crippen molar-refractivity contribution in [3.05, 3.63) is 75.8 Å². The number of aliphatic imine (C=N–C) groups is 1. The molecule has 6 nitrogen and oxygen atoms in total. The lowest BCUT2D eigenvalue weighted by Crippen LogP contribution is -2.37. The van der Waals surface area contributed by atoms with E-state index >= 15 is 0 Å². The van der Waals surface area contributed by atoms with E-state index < -0.39 is 0 Å². The van der Waals surface area contributed by atoms with E-state index in [1.54, 1.807) is 25.2 Å². The van der Waals surface area contributed by atoms with Crippen LogP contribution in [0.3, 0.4) is 0 Å². The number of hydrogen-bond donors (Lipinski definition) is 2. The molecule has 2 aromatic rings. The molecule has 0 heterocycles. The first-order valence-electron chi connectivity index (χ1n) is 7.91. The fraction of sp³-hybridized carbons (Fsp3) is 0.278. The van der Waals surface area contributed by atoms with Crippen molar-refractivity contribution in [3.8, 4) is 0 Å². The summed E-state index contributed by atoms with van der Waals surface area (Å²) in [6.07, 6.45) is 1.98. The zero-order valence-electron chi connectivity index (χ0n) is 13.7. The first kappa shape index (κ1) is 17.5. The van der Waals surface area contributed by atoms with Gasteiger partial charge in [-0.3, -0.25) is 15.1 Å². The van der Waals surface area contributed by atoms with E-state index in [-0.39, 0.29) is 10.6 Å². The summed E-state index contributed by atoms with van der Waals surface area (Å²) in [6, 6.07) is 17.0. The van der Waals surface area contributed by atoms with Gasteiger partial charge in [0, 0.05) is 31.8 Å². The van der Waals surface area contributed by atoms with Gasteiger partial charge in [0.2, 0.25) is 0 Å². The first-order chi connectivity index (χ1) is 11.7. The second-order valence-electron chi connectivity index (χ2n) is 5.33. The Morgan fingerprint density at radius 3 is 2.50 bits per heavy atom. The summed E-state index contributed by atoms with van der Waals surface area (Å²) < 4.78 is 0. The van der Waals surface area contributed by atoms with Crippen molar-refractivity contribution < 1.29 is 4.92 Å². The van der Waals surface area contributed by atoms with Crippen LogP contribution in [0, 0.1) is 10.1 Å². The van der Waals surface area contributed by atoms with Crippen molar-refractivity contribution in [2.75, 3.05) is 13.6 Å². The van der Waals surface area contributed by atoms with Gasteiger partial charge in [-0.25, -0.2) is 0 Å². The molecule has 2 N–H and O–H groups in total. The van der Waals surface area contributed by atoms with E-state index in [9.17, 15) is 10.1 Å². The van der Waals surface area contributed by atoms with Crippen LogP contribution in [0.1, 0.15) is 17.5 Å². The van der Waals surface area contributed by atoms with Crippen molar-refractivity contribution in [2.24, 2.45) is 4.99 Å². The minimum Gasteiger partial charge on any atom is -0.356 e. The molecular formula is C18H22N4O2. The third-order valence-corrected chi connectivity index (χ3v) is 3.64. The summed E-state index contributed by atoms with van der Waals surface area (Å²) >= 11 is 0. The lowest BCUT2D eigenvalue weighted by molar-refractivity contribution is -0.385. The van der Waals surface area contributed by atoms with E-state index in [0.29, 0.717) is 18.1 Å². The van der Waals surface area contributed by atoms with Crippen LogP contribution in [-0.2, 0) is 13.0 Å². The van der Waals surface area contributed by atoms with E-state index in [1.165, 1.54) is 11.6 Å². The number of aryl methyl sites for hydroxylation is 1. The number of rotatable bonds is 7. The minimum atomic E-state index is -0.368. The second-order valence-corrected chi connectivity index (χ2v) is 5.33. The standard InChI is InChI=1S/C18H22N4O2/c1-19-18(20-13-7-10-15-8-3-2-4-9-15)21-14-16-11-5-6-12-17(16)22(23)24/h2-6,8-9,11-12H,7,10,13-14H2,1H3,(H2,19,20,21). The van der Waals surface area contributed by atoms with Crippen LogP contribution in [0.2, 0.25) is 0 Å². The summed E-state index contributed by atoms with van der Waals surface area (Å²) in [5.41, 5.74) is 2.06. The molecule has 0 unspecified atom stereocenters. The van der Waals surface area contributed by atoms with Crippen LogP contribution in [-0.4, -0.2) is 24.5 Å². The number of guanidine groups is 1. The van der Waals surface area contributed by atoms with Gasteiger partial charge in [0.25, 0.3) is 5.69 Å². The van der Waals surface area contributed by atoms with Crippen LogP contribution < -0.4 is 10.6 Å². The summed E-state index contributed by atoms with van der Waals surface area (Å²) in [7, 11) is 1.69. The van der Waals surface area contributed by atoms with Crippen molar-refractivity contribution in [2.45, 2.75) is 19.4 Å². The monoisotopic (exact) mass is 326 g/mol. The van der Waals surface area contributed by atoms with E-state index in [1.807, 2.05) is 18.2 Å². The molecule has 2 rings (SSSR count). The van der Waals surface area contributed by atoms with Gasteiger partial charge in [0.1, 0.15) is 0 Å². The summed E-state index contributed by atoms with van der Waals surface area (Å²) in [5.74, 6) is 0.640. The van der Waals surface area contributed by atoms with Crippen molar-refractivity contribution >= 4 is 11.6 Å². The molecule has 0 aromatic heterocycles. The highest BCUT2D eigenvalue weighted by Crippen LogP contribution is 2.16. The lowest BCUT2D eigenvalue weighted by Gasteiger charge is -2.12. The van der Waals surface area contributed by atoms with E-state index in [0.717, 1.165) is 19.4 Å². The fourth-order valence-electron chi connectivity index (χ4n) is 2.38. The van der Waals surface area contributed by atoms with Crippen LogP contribution in [0.25, 0.3) is 0 Å². The molecule has 0 saturated heterocycles. The van der Waals surface area contributed by atoms with Gasteiger partial charge in [-0.05, 0) is 18.4 Å². The molecule has 0 aliphatic heterocycles. The second kappa shape index (κ2) is 9.29. The normalized spacial score (nSPS) is 11.1. The summed E-state index contributed by atoms with van der Waals surface area (Å²) in [6.45, 7) is 1.14. The van der Waals surface area contributed by atoms with Crippen molar-refractivity contribution in [1.29, 1.82) is 0 Å². The Bertz CT molecular complexity index is 686. The first-order valence-corrected chi connectivity index (χ1v) is 7.91. The molecule has 0 saturated carbocycles. The van der Waals surface area contributed by atoms with Gasteiger partial charge in [0.05, 0.1) is 4.92 Å². The van der Waals surface area contributed by atoms with Crippen molar-refractivity contribution in [3.63, 3.8) is 0 Å². The Kier molecular flexibility index (Phi) is 6.76. The maximum absolute atomic E-state index is 11.0. The summed E-state index contributed by atoms with van der Waals surface area (Å²) in [5, 5.41) is 17.4. The van der Waals surface area contributed by atoms with Gasteiger partial charge in [0.15, 0.2) is 5.96 Å². The van der Waals surface area contributed by atoms with Crippen LogP contribution in [0.5, 0.6) is 0 Å². The zero-order valence-corrected chi connectivity index (χ0v) is 13.7. The van der Waals surface area contributed by atoms with Gasteiger partial charge < -0.3 is 10.6 Å². The van der Waals surface area contributed by atoms with Crippen LogP contribution in [0.4, 0.5) is 5.69 Å². The zero-order chi connectivity index (χ0) is 17.2. The molecule has 24 heavy (non-hydrogen) atoms. The Balaban J connectivity index is 1.78. The van der Waals surface area contributed by atoms with Crippen LogP contribution in [0.15, 0.2) is 59.6 Å². The highest BCUT2D eigenvalue weighted by Gasteiger charge is 2.12. The third-order valence-electron chi connectivity index (χ3n) is 3.64. The molecule has 0 amide bonds. The maximum atomic E-state index is 11.0. The van der Waals surface area contributed by atoms with E-state index in [2.05, 4.69) is 27.8 Å². The average molecular weight is 326 g/mol. The van der Waals surface area contributed by atoms with Crippen LogP contribution >= 0.6 is 0 Å². The average Bonchev–Trinajstić information content (AvgIpc) is 2.62. The number of nitro benzene ring substituents is 1. The Hall–Kier alpha value is -2.89. The maximum Gasteiger partial charge on any atom is 0.274 e. The highest BCUT2D eigenvalue weighted by atomic mass is 16.6. The Morgan fingerprint density at radius 1 is 1.08 bits per heavy atom. The molecule has 2 aromatic carbocycles. The summed E-state index contributed by atoms with van der Waals surface area (Å²) in [4.78, 5) is 14.8. The topological polar surface area (TPSA) is 79.6 Å². The molecule has 0 aliphatic carbocycles. The fourth-order valence-corrected chi connectivity index (χ4v) is 2.38. The molecule has 0 fully saturated rings. The Morgan fingerprint density at radius 2 is 1.79 bits per heavy atom. The van der Waals surface area contributed by atoms with E-state index in [4.69, 9.17) is 0 Å². The molecule has 0 atom stereocenters. The number of hydrogen-bond acceptors (Lipinski definition) is 3. The SMILES string of the molecule is CN=C(NCCCc1ccccc1)NCc1ccccc1[N+](=O)[O-]. The molecule has 6 heteroatoms. The minimum absolute atomic E-state index is 0.115. The smallest absolute Gasteiger partial charge is 0.274 e. The van der Waals surface area contributed by atoms with Gasteiger partial charge in [-0.15, -0.1) is 0 Å². The number of para-hydroxylation sites is 1. The molecular weight excluding hydrogens is 304 g/mol. The predicted molar refractivity (Wildman–Crippen MR) is 96.1 cm³/mol. The lowest BCUT2D eigenvalue weighted by atomic mass is 10.1. The Labute approximate surface area is 141 Å². The quantitative estimate of drug-likeness (QED) is 0.270. The number of nitrogens with one attached hydrogen (secondary N) is 2. The molecule has 0 radical (unpaired) electrons. The number of nitrogens with zero attached hydrogens (tertiary/aromatic N) is 2. The van der Waals surface area contributed by atoms with Gasteiger partial charge >= 0.3 is 0 Å². The van der Waals surface area contributed by atoms with Gasteiger partial charge in [-0.2, -0.15) is 0 Å². The molecule has 0 aliphatic rings. The highest BCUT2D eigenvalue weighted by molar-refractivity contribution is 5.79. The predicted octanol–water partition coefficient (Wildman–Crippen LogP) is 2.89. The molecule has 0 bridgehead atoms. The number of benzene rings is 2. The van der Waals surface area contributed by atoms with Crippen molar-refractivity contribution in [1.82, 2.24) is 10.6 Å². The molecule has 0 spiro atoms. The molecule has 126 valence electrons. The largest absolute Gasteiger partial charge is 0.356 e. The third kappa shape index (κ3) is 5.39. The van der Waals surface area contributed by atoms with Gasteiger partial charge in [-0.1, -0.05) is 48.5 Å².